The van der Waals surface area contributed by atoms with Crippen molar-refractivity contribution >= 4 is 20.2 Å². The Labute approximate surface area is 184 Å². The van der Waals surface area contributed by atoms with Crippen LogP contribution in [0.5, 0.6) is 0 Å². The quantitative estimate of drug-likeness (QED) is 0.220. The molecule has 26 heavy (non-hydrogen) atoms. The van der Waals surface area contributed by atoms with Gasteiger partial charge in [0.1, 0.15) is 0 Å². The van der Waals surface area contributed by atoms with E-state index in [9.17, 15) is 16.8 Å². The number of unbranched alkanes of at least 4 members (excludes halogenated alkanes) is 9. The third-order valence-electron chi connectivity index (χ3n) is 3.81. The van der Waals surface area contributed by atoms with E-state index < -0.39 is 26.0 Å². The van der Waals surface area contributed by atoms with Gasteiger partial charge in [-0.25, -0.2) is 0 Å². The molecular weight excluding hydrogens is 387 g/mol. The molecule has 0 heterocycles. The molecule has 0 aliphatic heterocycles. The standard InChI is InChI=1S/C16H36N2O5S2.Na.H/c1-2-3-4-5-6-7-8-9-10-11-13-18-14-16-25(21,22)23-24(19,20)15-12-17;;/h18H,2-17H2,1H3;;/q;+1;-1. The van der Waals surface area contributed by atoms with E-state index >= 15 is 0 Å². The molecule has 0 unspecified atom stereocenters. The maximum atomic E-state index is 11.5. The molecule has 0 aliphatic rings. The molecule has 0 saturated carbocycles. The van der Waals surface area contributed by atoms with Crippen molar-refractivity contribution in [3.8, 4) is 0 Å². The fraction of sp³-hybridized carbons (Fsp3) is 1.00. The normalized spacial score (nSPS) is 12.1. The van der Waals surface area contributed by atoms with Gasteiger partial charge >= 0.3 is 29.6 Å². The molecule has 10 heteroatoms. The molecule has 7 nitrogen and oxygen atoms in total. The molecule has 0 atom stereocenters. The minimum Gasteiger partial charge on any atom is -1.00 e. The maximum Gasteiger partial charge on any atom is 1.00 e. The minimum absolute atomic E-state index is 0. The molecule has 0 spiro atoms. The summed E-state index contributed by atoms with van der Waals surface area (Å²) in [5, 5.41) is 3.01. The van der Waals surface area contributed by atoms with Crippen LogP contribution in [-0.4, -0.2) is 48.0 Å². The summed E-state index contributed by atoms with van der Waals surface area (Å²) in [4.78, 5) is 0. The summed E-state index contributed by atoms with van der Waals surface area (Å²) in [6.07, 6.45) is 12.5. The summed E-state index contributed by atoms with van der Waals surface area (Å²) >= 11 is 0. The summed E-state index contributed by atoms with van der Waals surface area (Å²) in [6, 6.07) is 0. The molecular formula is C16H37N2NaO5S2. The summed E-state index contributed by atoms with van der Waals surface area (Å²) in [6.45, 7) is 2.95. The van der Waals surface area contributed by atoms with Gasteiger partial charge in [0.15, 0.2) is 0 Å². The van der Waals surface area contributed by atoms with E-state index in [1.165, 1.54) is 51.4 Å². The van der Waals surface area contributed by atoms with Crippen molar-refractivity contribution < 1.29 is 51.4 Å². The van der Waals surface area contributed by atoms with Crippen LogP contribution in [0, 0.1) is 0 Å². The first kappa shape index (κ1) is 29.0. The maximum absolute atomic E-state index is 11.5. The van der Waals surface area contributed by atoms with Crippen molar-refractivity contribution in [3.05, 3.63) is 0 Å². The van der Waals surface area contributed by atoms with Gasteiger partial charge in [-0.1, -0.05) is 64.7 Å². The van der Waals surface area contributed by atoms with Crippen LogP contribution in [0.25, 0.3) is 0 Å². The van der Waals surface area contributed by atoms with Crippen molar-refractivity contribution in [2.45, 2.75) is 71.1 Å². The van der Waals surface area contributed by atoms with Crippen LogP contribution in [-0.2, 0) is 23.9 Å². The SMILES string of the molecule is CCCCCCCCCCCCNCCS(=O)(=O)OS(=O)(=O)CCN.[H-].[Na+]. The second-order valence-corrected chi connectivity index (χ2v) is 9.90. The van der Waals surface area contributed by atoms with Crippen LogP contribution in [0.2, 0.25) is 0 Å². The third kappa shape index (κ3) is 19.5. The minimum atomic E-state index is -4.10. The largest absolute Gasteiger partial charge is 1.00 e. The van der Waals surface area contributed by atoms with Gasteiger partial charge in [0, 0.05) is 13.1 Å². The van der Waals surface area contributed by atoms with Gasteiger partial charge in [0.25, 0.3) is 20.2 Å². The Hall–Kier alpha value is 0.780. The van der Waals surface area contributed by atoms with Crippen LogP contribution in [0.15, 0.2) is 0 Å². The van der Waals surface area contributed by atoms with Gasteiger partial charge < -0.3 is 12.5 Å². The molecule has 0 saturated heterocycles. The Morgan fingerprint density at radius 3 is 1.73 bits per heavy atom. The number of hydrogen-bond acceptors (Lipinski definition) is 7. The first-order chi connectivity index (χ1) is 11.8. The van der Waals surface area contributed by atoms with Crippen LogP contribution < -0.4 is 40.6 Å². The van der Waals surface area contributed by atoms with E-state index in [1.807, 2.05) is 0 Å². The van der Waals surface area contributed by atoms with Gasteiger partial charge in [-0.05, 0) is 13.0 Å². The predicted molar refractivity (Wildman–Crippen MR) is 104 cm³/mol. The Kier molecular flexibility index (Phi) is 19.9. The van der Waals surface area contributed by atoms with Crippen LogP contribution in [0.1, 0.15) is 72.6 Å². The number of nitrogens with two attached hydrogens (primary N) is 1. The number of hydrogen-bond donors (Lipinski definition) is 2. The molecule has 0 aromatic heterocycles. The zero-order valence-corrected chi connectivity index (χ0v) is 20.2. The number of nitrogens with one attached hydrogen (secondary N) is 1. The molecule has 154 valence electrons. The van der Waals surface area contributed by atoms with Crippen molar-refractivity contribution in [3.63, 3.8) is 0 Å². The van der Waals surface area contributed by atoms with E-state index in [1.54, 1.807) is 0 Å². The predicted octanol–water partition coefficient (Wildman–Crippen LogP) is -0.752. The third-order valence-corrected chi connectivity index (χ3v) is 6.91. The van der Waals surface area contributed by atoms with E-state index in [0.29, 0.717) is 0 Å². The molecule has 0 aliphatic carbocycles. The second-order valence-electron chi connectivity index (χ2n) is 6.31. The van der Waals surface area contributed by atoms with E-state index in [4.69, 9.17) is 5.73 Å². The Balaban J connectivity index is -0.00000288. The van der Waals surface area contributed by atoms with E-state index in [0.717, 1.165) is 19.4 Å². The monoisotopic (exact) mass is 424 g/mol. The summed E-state index contributed by atoms with van der Waals surface area (Å²) < 4.78 is 49.8. The molecule has 0 rings (SSSR count). The van der Waals surface area contributed by atoms with E-state index in [-0.39, 0.29) is 49.8 Å². The van der Waals surface area contributed by atoms with Crippen LogP contribution in [0.4, 0.5) is 0 Å². The molecule has 0 bridgehead atoms. The summed E-state index contributed by atoms with van der Waals surface area (Å²) in [7, 11) is -8.18. The topological polar surface area (TPSA) is 116 Å². The van der Waals surface area contributed by atoms with Crippen LogP contribution in [0.3, 0.4) is 0 Å². The van der Waals surface area contributed by atoms with Gasteiger partial charge in [0.05, 0.1) is 11.5 Å². The molecule has 0 fully saturated rings. The molecule has 0 radical (unpaired) electrons. The molecule has 0 aromatic carbocycles. The zero-order valence-electron chi connectivity index (χ0n) is 17.5. The smallest absolute Gasteiger partial charge is 1.00 e. The van der Waals surface area contributed by atoms with Crippen molar-refractivity contribution in [2.75, 3.05) is 31.1 Å². The van der Waals surface area contributed by atoms with Crippen molar-refractivity contribution in [1.82, 2.24) is 5.32 Å². The van der Waals surface area contributed by atoms with Gasteiger partial charge in [-0.3, -0.25) is 0 Å². The molecule has 0 amide bonds. The molecule has 0 aromatic rings. The summed E-state index contributed by atoms with van der Waals surface area (Å²) in [5.74, 6) is -0.868. The van der Waals surface area contributed by atoms with Crippen molar-refractivity contribution in [2.24, 2.45) is 5.73 Å². The van der Waals surface area contributed by atoms with Gasteiger partial charge in [-0.2, -0.15) is 16.8 Å². The van der Waals surface area contributed by atoms with Crippen molar-refractivity contribution in [1.29, 1.82) is 0 Å². The van der Waals surface area contributed by atoms with Gasteiger partial charge in [0.2, 0.25) is 0 Å². The van der Waals surface area contributed by atoms with Crippen LogP contribution >= 0.6 is 0 Å². The average molecular weight is 425 g/mol. The Bertz CT molecular complexity index is 519. The Morgan fingerprint density at radius 1 is 0.769 bits per heavy atom. The van der Waals surface area contributed by atoms with E-state index in [2.05, 4.69) is 15.9 Å². The zero-order chi connectivity index (χ0) is 19.0. The second kappa shape index (κ2) is 17.8. The van der Waals surface area contributed by atoms with Gasteiger partial charge in [-0.15, -0.1) is 3.63 Å². The Morgan fingerprint density at radius 2 is 1.23 bits per heavy atom. The first-order valence-corrected chi connectivity index (χ1v) is 12.6. The molecule has 3 N–H and O–H groups in total. The average Bonchev–Trinajstić information content (AvgIpc) is 2.50. The number of rotatable bonds is 18. The first-order valence-electron chi connectivity index (χ1n) is 9.40. The fourth-order valence-corrected chi connectivity index (χ4v) is 4.92. The summed E-state index contributed by atoms with van der Waals surface area (Å²) in [5.41, 5.74) is 5.09. The fourth-order valence-electron chi connectivity index (χ4n) is 2.43.